The van der Waals surface area contributed by atoms with Gasteiger partial charge in [0.15, 0.2) is 0 Å². The van der Waals surface area contributed by atoms with Crippen LogP contribution < -0.4 is 5.32 Å². The number of carbonyl (C=O) groups excluding carboxylic acids is 1. The van der Waals surface area contributed by atoms with Gasteiger partial charge in [0, 0.05) is 36.3 Å². The molecule has 1 N–H and O–H groups in total. The van der Waals surface area contributed by atoms with E-state index in [9.17, 15) is 4.79 Å². The smallest absolute Gasteiger partial charge is 0.256 e. The predicted octanol–water partition coefficient (Wildman–Crippen LogP) is 3.77. The highest BCUT2D eigenvalue weighted by Gasteiger charge is 2.27. The first-order valence-corrected chi connectivity index (χ1v) is 10.0. The van der Waals surface area contributed by atoms with Crippen molar-refractivity contribution in [1.29, 1.82) is 0 Å². The van der Waals surface area contributed by atoms with E-state index in [1.54, 1.807) is 22.2 Å². The van der Waals surface area contributed by atoms with Gasteiger partial charge in [-0.3, -0.25) is 14.4 Å². The van der Waals surface area contributed by atoms with Crippen molar-refractivity contribution in [3.05, 3.63) is 63.7 Å². The summed E-state index contributed by atoms with van der Waals surface area (Å²) in [7, 11) is 1.82. The standard InChI is InChI=1S/C20H23N5OS/c1-14-12-22-24(2)18(14)23-19(26)16-7-5-15(6-8-16)13-25-10-3-4-17(25)20-21-9-11-27-20/h5-9,11-12,17H,3-4,10,13H2,1-2H3,(H,23,26)/t17-/m0/s1. The van der Waals surface area contributed by atoms with E-state index in [0.29, 0.717) is 11.6 Å². The zero-order valence-electron chi connectivity index (χ0n) is 15.6. The molecule has 1 atom stereocenters. The number of likely N-dealkylation sites (tertiary alicyclic amines) is 1. The topological polar surface area (TPSA) is 63.1 Å². The maximum Gasteiger partial charge on any atom is 0.256 e. The third-order valence-corrected chi connectivity index (χ3v) is 5.93. The van der Waals surface area contributed by atoms with E-state index in [2.05, 4.69) is 20.3 Å². The van der Waals surface area contributed by atoms with Crippen molar-refractivity contribution in [1.82, 2.24) is 19.7 Å². The van der Waals surface area contributed by atoms with Gasteiger partial charge in [0.1, 0.15) is 10.8 Å². The molecule has 1 aliphatic heterocycles. The molecule has 3 aromatic rings. The first-order valence-electron chi connectivity index (χ1n) is 9.14. The fourth-order valence-corrected chi connectivity index (χ4v) is 4.40. The van der Waals surface area contributed by atoms with Gasteiger partial charge in [-0.2, -0.15) is 5.10 Å². The molecule has 1 fully saturated rings. The molecule has 0 radical (unpaired) electrons. The molecular formula is C20H23N5OS. The Morgan fingerprint density at radius 2 is 2.15 bits per heavy atom. The normalized spacial score (nSPS) is 17.3. The summed E-state index contributed by atoms with van der Waals surface area (Å²) in [6, 6.07) is 8.29. The number of amides is 1. The molecule has 0 spiro atoms. The molecule has 1 saturated heterocycles. The van der Waals surface area contributed by atoms with E-state index in [4.69, 9.17) is 0 Å². The Morgan fingerprint density at radius 3 is 2.81 bits per heavy atom. The monoisotopic (exact) mass is 381 g/mol. The van der Waals surface area contributed by atoms with Crippen molar-refractivity contribution >= 4 is 23.1 Å². The van der Waals surface area contributed by atoms with Gasteiger partial charge in [-0.1, -0.05) is 12.1 Å². The molecule has 0 saturated carbocycles. The number of aromatic nitrogens is 3. The minimum Gasteiger partial charge on any atom is -0.307 e. The van der Waals surface area contributed by atoms with Gasteiger partial charge in [0.25, 0.3) is 5.91 Å². The van der Waals surface area contributed by atoms with Crippen molar-refractivity contribution in [2.24, 2.45) is 7.05 Å². The number of nitrogens with zero attached hydrogens (tertiary/aromatic N) is 4. The SMILES string of the molecule is Cc1cnn(C)c1NC(=O)c1ccc(CN2CCC[C@H]2c2nccs2)cc1. The van der Waals surface area contributed by atoms with Crippen LogP contribution in [-0.4, -0.2) is 32.1 Å². The quantitative estimate of drug-likeness (QED) is 0.731. The molecular weight excluding hydrogens is 358 g/mol. The molecule has 3 heterocycles. The Bertz CT molecular complexity index is 897. The van der Waals surface area contributed by atoms with Crippen LogP contribution in [0.2, 0.25) is 0 Å². The minimum atomic E-state index is -0.116. The Labute approximate surface area is 162 Å². The zero-order valence-corrected chi connectivity index (χ0v) is 16.4. The molecule has 1 amide bonds. The molecule has 2 aromatic heterocycles. The van der Waals surface area contributed by atoms with E-state index < -0.39 is 0 Å². The van der Waals surface area contributed by atoms with Crippen LogP contribution in [0.15, 0.2) is 42.0 Å². The summed E-state index contributed by atoms with van der Waals surface area (Å²) < 4.78 is 1.67. The minimum absolute atomic E-state index is 0.116. The van der Waals surface area contributed by atoms with Crippen molar-refractivity contribution in [3.63, 3.8) is 0 Å². The van der Waals surface area contributed by atoms with Crippen molar-refractivity contribution < 1.29 is 4.79 Å². The van der Waals surface area contributed by atoms with E-state index in [1.807, 2.05) is 49.8 Å². The average Bonchev–Trinajstić information content (AvgIpc) is 3.40. The van der Waals surface area contributed by atoms with Gasteiger partial charge in [0.2, 0.25) is 0 Å². The summed E-state index contributed by atoms with van der Waals surface area (Å²) in [5.74, 6) is 0.613. The number of rotatable bonds is 5. The number of nitrogens with one attached hydrogen (secondary N) is 1. The maximum absolute atomic E-state index is 12.5. The number of anilines is 1. The zero-order chi connectivity index (χ0) is 18.8. The maximum atomic E-state index is 12.5. The van der Waals surface area contributed by atoms with Gasteiger partial charge in [0.05, 0.1) is 12.2 Å². The summed E-state index contributed by atoms with van der Waals surface area (Å²) in [4.78, 5) is 19.5. The molecule has 0 unspecified atom stereocenters. The first kappa shape index (κ1) is 17.9. The highest BCUT2D eigenvalue weighted by atomic mass is 32.1. The number of benzene rings is 1. The lowest BCUT2D eigenvalue weighted by Gasteiger charge is -2.22. The lowest BCUT2D eigenvalue weighted by molar-refractivity contribution is 0.102. The van der Waals surface area contributed by atoms with Gasteiger partial charge in [-0.05, 0) is 44.0 Å². The average molecular weight is 382 g/mol. The van der Waals surface area contributed by atoms with E-state index >= 15 is 0 Å². The molecule has 27 heavy (non-hydrogen) atoms. The van der Waals surface area contributed by atoms with Gasteiger partial charge >= 0.3 is 0 Å². The van der Waals surface area contributed by atoms with Crippen LogP contribution in [0, 0.1) is 6.92 Å². The van der Waals surface area contributed by atoms with Crippen molar-refractivity contribution in [3.8, 4) is 0 Å². The Morgan fingerprint density at radius 1 is 1.33 bits per heavy atom. The second kappa shape index (κ2) is 7.62. The lowest BCUT2D eigenvalue weighted by Crippen LogP contribution is -2.22. The predicted molar refractivity (Wildman–Crippen MR) is 107 cm³/mol. The first-order chi connectivity index (χ1) is 13.1. The van der Waals surface area contributed by atoms with Crippen LogP contribution in [0.4, 0.5) is 5.82 Å². The van der Waals surface area contributed by atoms with Gasteiger partial charge in [-0.25, -0.2) is 4.98 Å². The van der Waals surface area contributed by atoms with E-state index in [-0.39, 0.29) is 5.91 Å². The highest BCUT2D eigenvalue weighted by molar-refractivity contribution is 7.09. The summed E-state index contributed by atoms with van der Waals surface area (Å²) in [6.07, 6.45) is 5.99. The molecule has 4 rings (SSSR count). The van der Waals surface area contributed by atoms with Crippen LogP contribution >= 0.6 is 11.3 Å². The highest BCUT2D eigenvalue weighted by Crippen LogP contribution is 2.34. The lowest BCUT2D eigenvalue weighted by atomic mass is 10.1. The second-order valence-corrected chi connectivity index (χ2v) is 7.88. The molecule has 1 aromatic carbocycles. The van der Waals surface area contributed by atoms with E-state index in [0.717, 1.165) is 30.9 Å². The van der Waals surface area contributed by atoms with Crippen molar-refractivity contribution in [2.75, 3.05) is 11.9 Å². The van der Waals surface area contributed by atoms with Crippen LogP contribution in [0.3, 0.4) is 0 Å². The van der Waals surface area contributed by atoms with E-state index in [1.165, 1.54) is 17.0 Å². The fraction of sp³-hybridized carbons (Fsp3) is 0.350. The number of aryl methyl sites for hydroxylation is 2. The molecule has 0 bridgehead atoms. The summed E-state index contributed by atoms with van der Waals surface area (Å²) in [5, 5.41) is 10.3. The number of hydrogen-bond acceptors (Lipinski definition) is 5. The number of thiazole rings is 1. The molecule has 140 valence electrons. The Kier molecular flexibility index (Phi) is 5.05. The third-order valence-electron chi connectivity index (χ3n) is 5.06. The van der Waals surface area contributed by atoms with Crippen LogP contribution in [0.5, 0.6) is 0 Å². The van der Waals surface area contributed by atoms with Gasteiger partial charge in [-0.15, -0.1) is 11.3 Å². The largest absolute Gasteiger partial charge is 0.307 e. The summed E-state index contributed by atoms with van der Waals surface area (Å²) in [5.41, 5.74) is 2.81. The molecule has 1 aliphatic rings. The number of carbonyl (C=O) groups is 1. The molecule has 6 nitrogen and oxygen atoms in total. The van der Waals surface area contributed by atoms with Crippen LogP contribution in [0.25, 0.3) is 0 Å². The third kappa shape index (κ3) is 3.79. The molecule has 0 aliphatic carbocycles. The van der Waals surface area contributed by atoms with Gasteiger partial charge < -0.3 is 5.32 Å². The fourth-order valence-electron chi connectivity index (χ4n) is 3.60. The number of hydrogen-bond donors (Lipinski definition) is 1. The molecule has 7 heteroatoms. The van der Waals surface area contributed by atoms with Crippen molar-refractivity contribution in [2.45, 2.75) is 32.4 Å². The van der Waals surface area contributed by atoms with Crippen LogP contribution in [-0.2, 0) is 13.6 Å². The van der Waals surface area contributed by atoms with Crippen LogP contribution in [0.1, 0.15) is 45.4 Å². The summed E-state index contributed by atoms with van der Waals surface area (Å²) in [6.45, 7) is 3.90. The Balaban J connectivity index is 1.42. The summed E-state index contributed by atoms with van der Waals surface area (Å²) >= 11 is 1.73. The Hall–Kier alpha value is -2.51. The second-order valence-electron chi connectivity index (χ2n) is 6.95.